The van der Waals surface area contributed by atoms with E-state index in [1.165, 1.54) is 10.9 Å². The lowest BCUT2D eigenvalue weighted by Gasteiger charge is -2.16. The Kier molecular flexibility index (Phi) is 3.82. The van der Waals surface area contributed by atoms with Gasteiger partial charge in [-0.2, -0.15) is 5.10 Å². The fraction of sp³-hybridized carbons (Fsp3) is 0.636. The summed E-state index contributed by atoms with van der Waals surface area (Å²) in [5.41, 5.74) is 1.73. The molecule has 0 atom stereocenters. The van der Waals surface area contributed by atoms with Crippen molar-refractivity contribution in [1.82, 2.24) is 15.1 Å². The van der Waals surface area contributed by atoms with E-state index in [1.54, 1.807) is 6.07 Å². The van der Waals surface area contributed by atoms with E-state index < -0.39 is 9.84 Å². The fourth-order valence-corrected chi connectivity index (χ4v) is 2.65. The molecule has 1 N–H and O–H groups in total. The first kappa shape index (κ1) is 13.2. The van der Waals surface area contributed by atoms with Crippen molar-refractivity contribution in [1.29, 1.82) is 0 Å². The van der Waals surface area contributed by atoms with Crippen LogP contribution in [0.5, 0.6) is 0 Å². The van der Waals surface area contributed by atoms with Crippen molar-refractivity contribution >= 4 is 9.84 Å². The molecule has 1 aliphatic heterocycles. The molecule has 0 bridgehead atoms. The van der Waals surface area contributed by atoms with Gasteiger partial charge < -0.3 is 5.32 Å². The highest BCUT2D eigenvalue weighted by molar-refractivity contribution is 7.90. The SMILES string of the molecule is CS(=O)(=O)CCCn1nc2c(cc1=O)CNCC2. The van der Waals surface area contributed by atoms with Crippen LogP contribution < -0.4 is 10.9 Å². The summed E-state index contributed by atoms with van der Waals surface area (Å²) in [6.45, 7) is 1.90. The number of aromatic nitrogens is 2. The Hall–Kier alpha value is -1.21. The number of sulfone groups is 1. The van der Waals surface area contributed by atoms with Gasteiger partial charge in [-0.1, -0.05) is 0 Å². The van der Waals surface area contributed by atoms with Gasteiger partial charge in [-0.15, -0.1) is 0 Å². The van der Waals surface area contributed by atoms with Crippen LogP contribution >= 0.6 is 0 Å². The zero-order chi connectivity index (χ0) is 13.2. The van der Waals surface area contributed by atoms with Gasteiger partial charge in [-0.25, -0.2) is 13.1 Å². The van der Waals surface area contributed by atoms with Crippen LogP contribution in [-0.2, 0) is 29.3 Å². The summed E-state index contributed by atoms with van der Waals surface area (Å²) >= 11 is 0. The highest BCUT2D eigenvalue weighted by atomic mass is 32.2. The summed E-state index contributed by atoms with van der Waals surface area (Å²) in [6, 6.07) is 1.59. The summed E-state index contributed by atoms with van der Waals surface area (Å²) in [6.07, 6.45) is 2.42. The van der Waals surface area contributed by atoms with Gasteiger partial charge in [0.1, 0.15) is 9.84 Å². The molecular formula is C11H17N3O3S. The highest BCUT2D eigenvalue weighted by Crippen LogP contribution is 2.07. The summed E-state index contributed by atoms with van der Waals surface area (Å²) in [4.78, 5) is 11.8. The maximum absolute atomic E-state index is 11.8. The van der Waals surface area contributed by atoms with Crippen molar-refractivity contribution < 1.29 is 8.42 Å². The lowest BCUT2D eigenvalue weighted by atomic mass is 10.1. The summed E-state index contributed by atoms with van der Waals surface area (Å²) in [5, 5.41) is 7.48. The van der Waals surface area contributed by atoms with E-state index in [0.29, 0.717) is 19.5 Å². The molecule has 0 saturated carbocycles. The average Bonchev–Trinajstić information content (AvgIpc) is 2.28. The van der Waals surface area contributed by atoms with Crippen LogP contribution in [0.15, 0.2) is 10.9 Å². The molecule has 0 spiro atoms. The molecule has 0 aromatic carbocycles. The maximum Gasteiger partial charge on any atom is 0.267 e. The van der Waals surface area contributed by atoms with Gasteiger partial charge in [-0.3, -0.25) is 4.79 Å². The van der Waals surface area contributed by atoms with Gasteiger partial charge in [0.25, 0.3) is 5.56 Å². The van der Waals surface area contributed by atoms with Crippen LogP contribution in [0.3, 0.4) is 0 Å². The van der Waals surface area contributed by atoms with E-state index in [0.717, 1.165) is 24.2 Å². The number of nitrogens with zero attached hydrogens (tertiary/aromatic N) is 2. The predicted molar refractivity (Wildman–Crippen MR) is 68.2 cm³/mol. The molecule has 0 radical (unpaired) electrons. The Labute approximate surface area is 106 Å². The third-order valence-electron chi connectivity index (χ3n) is 2.90. The quantitative estimate of drug-likeness (QED) is 0.785. The minimum absolute atomic E-state index is 0.0831. The lowest BCUT2D eigenvalue weighted by molar-refractivity contribution is 0.524. The van der Waals surface area contributed by atoms with Gasteiger partial charge in [0.05, 0.1) is 11.4 Å². The molecule has 0 unspecified atom stereocenters. The number of rotatable bonds is 4. The second-order valence-corrected chi connectivity index (χ2v) is 6.85. The first-order chi connectivity index (χ1) is 8.46. The predicted octanol–water partition coefficient (Wildman–Crippen LogP) is -0.676. The van der Waals surface area contributed by atoms with E-state index in [2.05, 4.69) is 10.4 Å². The maximum atomic E-state index is 11.8. The normalized spacial score (nSPS) is 15.4. The van der Waals surface area contributed by atoms with Crippen LogP contribution in [0.25, 0.3) is 0 Å². The van der Waals surface area contributed by atoms with E-state index in [4.69, 9.17) is 0 Å². The molecule has 6 nitrogen and oxygen atoms in total. The molecule has 18 heavy (non-hydrogen) atoms. The fourth-order valence-electron chi connectivity index (χ4n) is 2.00. The second-order valence-electron chi connectivity index (χ2n) is 4.59. The van der Waals surface area contributed by atoms with Crippen LogP contribution in [0.1, 0.15) is 17.7 Å². The molecule has 1 aromatic heterocycles. The number of nitrogens with one attached hydrogen (secondary N) is 1. The minimum Gasteiger partial charge on any atom is -0.312 e. The van der Waals surface area contributed by atoms with Crippen molar-refractivity contribution in [2.45, 2.75) is 25.9 Å². The van der Waals surface area contributed by atoms with Crippen LogP contribution in [-0.4, -0.2) is 36.8 Å². The number of aryl methyl sites for hydroxylation is 1. The van der Waals surface area contributed by atoms with Crippen molar-refractivity contribution in [3.8, 4) is 0 Å². The van der Waals surface area contributed by atoms with Crippen LogP contribution in [0.2, 0.25) is 0 Å². The zero-order valence-electron chi connectivity index (χ0n) is 10.3. The molecule has 1 aliphatic rings. The smallest absolute Gasteiger partial charge is 0.267 e. The van der Waals surface area contributed by atoms with E-state index in [-0.39, 0.29) is 11.3 Å². The van der Waals surface area contributed by atoms with Crippen molar-refractivity contribution in [2.75, 3.05) is 18.6 Å². The summed E-state index contributed by atoms with van der Waals surface area (Å²) in [7, 11) is -2.98. The van der Waals surface area contributed by atoms with Gasteiger partial charge in [0, 0.05) is 38.4 Å². The molecule has 0 saturated heterocycles. The third kappa shape index (κ3) is 3.39. The number of hydrogen-bond donors (Lipinski definition) is 1. The van der Waals surface area contributed by atoms with Crippen molar-refractivity contribution in [2.24, 2.45) is 0 Å². The molecule has 0 amide bonds. The molecule has 7 heteroatoms. The Morgan fingerprint density at radius 1 is 1.50 bits per heavy atom. The van der Waals surface area contributed by atoms with E-state index in [9.17, 15) is 13.2 Å². The zero-order valence-corrected chi connectivity index (χ0v) is 11.2. The molecule has 100 valence electrons. The largest absolute Gasteiger partial charge is 0.312 e. The molecule has 2 heterocycles. The van der Waals surface area contributed by atoms with Crippen LogP contribution in [0.4, 0.5) is 0 Å². The first-order valence-corrected chi connectivity index (χ1v) is 8.00. The monoisotopic (exact) mass is 271 g/mol. The number of hydrogen-bond acceptors (Lipinski definition) is 5. The average molecular weight is 271 g/mol. The standard InChI is InChI=1S/C11H17N3O3S/c1-18(16,17)6-2-5-14-11(15)7-9-8-12-4-3-10(9)13-14/h7,12H,2-6,8H2,1H3. The Morgan fingerprint density at radius 3 is 3.00 bits per heavy atom. The topological polar surface area (TPSA) is 81.1 Å². The lowest BCUT2D eigenvalue weighted by Crippen LogP contribution is -2.32. The molecule has 0 fully saturated rings. The summed E-state index contributed by atoms with van der Waals surface area (Å²) in [5.74, 6) is 0.0831. The Bertz CT molecular complexity index is 592. The Morgan fingerprint density at radius 2 is 2.28 bits per heavy atom. The molecular weight excluding hydrogens is 254 g/mol. The minimum atomic E-state index is -2.98. The molecule has 2 rings (SSSR count). The molecule has 0 aliphatic carbocycles. The van der Waals surface area contributed by atoms with Crippen molar-refractivity contribution in [3.63, 3.8) is 0 Å². The Balaban J connectivity index is 2.11. The third-order valence-corrected chi connectivity index (χ3v) is 3.93. The van der Waals surface area contributed by atoms with Crippen LogP contribution in [0, 0.1) is 0 Å². The van der Waals surface area contributed by atoms with E-state index >= 15 is 0 Å². The van der Waals surface area contributed by atoms with Gasteiger partial charge in [0.2, 0.25) is 0 Å². The van der Waals surface area contributed by atoms with Gasteiger partial charge in [-0.05, 0) is 12.0 Å². The summed E-state index contributed by atoms with van der Waals surface area (Å²) < 4.78 is 23.4. The number of fused-ring (bicyclic) bond motifs is 1. The van der Waals surface area contributed by atoms with Crippen molar-refractivity contribution in [3.05, 3.63) is 27.7 Å². The van der Waals surface area contributed by atoms with E-state index in [1.807, 2.05) is 0 Å². The van der Waals surface area contributed by atoms with Gasteiger partial charge >= 0.3 is 0 Å². The first-order valence-electron chi connectivity index (χ1n) is 5.94. The molecule has 1 aromatic rings. The second kappa shape index (κ2) is 5.19. The highest BCUT2D eigenvalue weighted by Gasteiger charge is 2.12. The van der Waals surface area contributed by atoms with Gasteiger partial charge in [0.15, 0.2) is 0 Å².